The molecule has 1 aliphatic heterocycles. The molecular weight excluding hydrogens is 449 g/mol. The molecule has 1 aliphatic rings. The minimum Gasteiger partial charge on any atom is -0.489 e. The molecule has 0 aromatic heterocycles. The largest absolute Gasteiger partial charge is 0.489 e. The van der Waals surface area contributed by atoms with Crippen LogP contribution >= 0.6 is 11.8 Å². The van der Waals surface area contributed by atoms with Gasteiger partial charge in [0.05, 0.1) is 16.2 Å². The van der Waals surface area contributed by atoms with Gasteiger partial charge in [-0.05, 0) is 66.2 Å². The Morgan fingerprint density at radius 1 is 1.03 bits per heavy atom. The third-order valence-electron chi connectivity index (χ3n) is 4.76. The molecule has 1 heterocycles. The number of carbonyl (C=O) groups excluding carboxylic acids is 1. The van der Waals surface area contributed by atoms with E-state index in [1.807, 2.05) is 55.5 Å². The highest BCUT2D eigenvalue weighted by molar-refractivity contribution is 8.18. The van der Waals surface area contributed by atoms with Crippen molar-refractivity contribution in [2.24, 2.45) is 4.99 Å². The molecule has 0 atom stereocenters. The van der Waals surface area contributed by atoms with E-state index in [2.05, 4.69) is 10.3 Å². The quantitative estimate of drug-likeness (QED) is 0.436. The van der Waals surface area contributed by atoms with Gasteiger partial charge in [0.1, 0.15) is 12.4 Å². The average Bonchev–Trinajstić information content (AvgIpc) is 3.12. The second kappa shape index (κ2) is 9.54. The molecule has 0 saturated carbocycles. The monoisotopic (exact) mass is 468 g/mol. The van der Waals surface area contributed by atoms with Crippen LogP contribution in [0.2, 0.25) is 0 Å². The highest BCUT2D eigenvalue weighted by Gasteiger charge is 2.30. The molecule has 0 radical (unpaired) electrons. The van der Waals surface area contributed by atoms with E-state index in [9.17, 15) is 18.0 Å². The first-order chi connectivity index (χ1) is 15.8. The first kappa shape index (κ1) is 22.7. The number of halogens is 3. The smallest absolute Gasteiger partial charge is 0.416 e. The number of amides is 1. The lowest BCUT2D eigenvalue weighted by Crippen LogP contribution is -2.19. The number of thioether (sulfide) groups is 1. The van der Waals surface area contributed by atoms with Gasteiger partial charge in [-0.25, -0.2) is 4.99 Å². The topological polar surface area (TPSA) is 50.7 Å². The molecule has 0 aliphatic carbocycles. The maximum absolute atomic E-state index is 12.9. The van der Waals surface area contributed by atoms with Crippen molar-refractivity contribution in [2.75, 3.05) is 0 Å². The molecule has 0 spiro atoms. The fraction of sp³-hybridized carbons (Fsp3) is 0.120. The minimum atomic E-state index is -4.46. The molecule has 4 rings (SSSR count). The Kier molecular flexibility index (Phi) is 6.55. The zero-order chi connectivity index (χ0) is 23.4. The fourth-order valence-electron chi connectivity index (χ4n) is 3.01. The van der Waals surface area contributed by atoms with Crippen LogP contribution in [-0.4, -0.2) is 11.1 Å². The van der Waals surface area contributed by atoms with E-state index < -0.39 is 11.7 Å². The third kappa shape index (κ3) is 6.04. The fourth-order valence-corrected chi connectivity index (χ4v) is 3.85. The molecular formula is C25H19F3N2O2S. The number of ether oxygens (including phenoxy) is 1. The SMILES string of the molecule is Cc1ccc(COc2ccc(C=C3SC(=Nc4cccc(C(F)(F)F)c4)NC3=O)cc2)cc1. The number of carbonyl (C=O) groups is 1. The van der Waals surface area contributed by atoms with Crippen molar-refractivity contribution in [3.63, 3.8) is 0 Å². The van der Waals surface area contributed by atoms with Gasteiger partial charge in [0.15, 0.2) is 5.17 Å². The van der Waals surface area contributed by atoms with Crippen molar-refractivity contribution >= 4 is 34.6 Å². The van der Waals surface area contributed by atoms with E-state index in [0.717, 1.165) is 35.0 Å². The molecule has 4 nitrogen and oxygen atoms in total. The number of hydrogen-bond acceptors (Lipinski definition) is 4. The lowest BCUT2D eigenvalue weighted by Gasteiger charge is -2.07. The third-order valence-corrected chi connectivity index (χ3v) is 5.67. The number of benzene rings is 3. The van der Waals surface area contributed by atoms with Crippen LogP contribution in [0.25, 0.3) is 6.08 Å². The predicted octanol–water partition coefficient (Wildman–Crippen LogP) is 6.48. The molecule has 33 heavy (non-hydrogen) atoms. The number of aliphatic imine (C=N–C) groups is 1. The van der Waals surface area contributed by atoms with Gasteiger partial charge in [-0.15, -0.1) is 0 Å². The molecule has 1 saturated heterocycles. The van der Waals surface area contributed by atoms with Crippen molar-refractivity contribution in [3.8, 4) is 5.75 Å². The number of alkyl halides is 3. The van der Waals surface area contributed by atoms with Crippen molar-refractivity contribution < 1.29 is 22.7 Å². The first-order valence-electron chi connectivity index (χ1n) is 10.0. The van der Waals surface area contributed by atoms with Crippen LogP contribution in [0, 0.1) is 6.92 Å². The normalized spacial score (nSPS) is 16.3. The number of nitrogens with zero attached hydrogens (tertiary/aromatic N) is 1. The number of aryl methyl sites for hydroxylation is 1. The Morgan fingerprint density at radius 3 is 2.45 bits per heavy atom. The molecule has 168 valence electrons. The summed E-state index contributed by atoms with van der Waals surface area (Å²) < 4.78 is 44.4. The maximum Gasteiger partial charge on any atom is 0.416 e. The number of nitrogens with one attached hydrogen (secondary N) is 1. The lowest BCUT2D eigenvalue weighted by molar-refractivity contribution is -0.137. The average molecular weight is 469 g/mol. The summed E-state index contributed by atoms with van der Waals surface area (Å²) in [7, 11) is 0. The van der Waals surface area contributed by atoms with E-state index in [4.69, 9.17) is 4.74 Å². The molecule has 3 aromatic rings. The summed E-state index contributed by atoms with van der Waals surface area (Å²) in [4.78, 5) is 16.8. The zero-order valence-corrected chi connectivity index (χ0v) is 18.3. The number of hydrogen-bond donors (Lipinski definition) is 1. The van der Waals surface area contributed by atoms with Crippen molar-refractivity contribution in [1.82, 2.24) is 5.32 Å². The summed E-state index contributed by atoms with van der Waals surface area (Å²) >= 11 is 1.07. The van der Waals surface area contributed by atoms with Crippen LogP contribution in [0.4, 0.5) is 18.9 Å². The summed E-state index contributed by atoms with van der Waals surface area (Å²) in [6, 6.07) is 20.0. The number of rotatable bonds is 5. The Bertz CT molecular complexity index is 1220. The van der Waals surface area contributed by atoms with Gasteiger partial charge in [0.25, 0.3) is 5.91 Å². The summed E-state index contributed by atoms with van der Waals surface area (Å²) in [5.74, 6) is 0.346. The second-order valence-corrected chi connectivity index (χ2v) is 8.40. The standard InChI is InChI=1S/C25H19F3N2O2S/c1-16-5-7-18(8-6-16)15-32-21-11-9-17(10-12-21)13-22-23(31)30-24(33-22)29-20-4-2-3-19(14-20)25(26,27)28/h2-14H,15H2,1H3,(H,29,30,31). The summed E-state index contributed by atoms with van der Waals surface area (Å²) in [6.45, 7) is 2.48. The molecule has 1 amide bonds. The van der Waals surface area contributed by atoms with Crippen LogP contribution in [0.1, 0.15) is 22.3 Å². The second-order valence-electron chi connectivity index (χ2n) is 7.37. The Morgan fingerprint density at radius 2 is 1.76 bits per heavy atom. The van der Waals surface area contributed by atoms with Crippen LogP contribution in [0.3, 0.4) is 0 Å². The molecule has 3 aromatic carbocycles. The summed E-state index contributed by atoms with van der Waals surface area (Å²) in [6.07, 6.45) is -2.76. The van der Waals surface area contributed by atoms with Gasteiger partial charge in [-0.2, -0.15) is 13.2 Å². The summed E-state index contributed by atoms with van der Waals surface area (Å²) in [5.41, 5.74) is 2.37. The van der Waals surface area contributed by atoms with E-state index in [1.165, 1.54) is 17.7 Å². The van der Waals surface area contributed by atoms with Crippen LogP contribution < -0.4 is 10.1 Å². The Hall–Kier alpha value is -3.52. The summed E-state index contributed by atoms with van der Waals surface area (Å²) in [5, 5.41) is 2.81. The van der Waals surface area contributed by atoms with Crippen molar-refractivity contribution in [3.05, 3.63) is 100.0 Å². The molecule has 1 N–H and O–H groups in total. The highest BCUT2D eigenvalue weighted by atomic mass is 32.2. The van der Waals surface area contributed by atoms with Crippen LogP contribution in [0.5, 0.6) is 5.75 Å². The van der Waals surface area contributed by atoms with Crippen LogP contribution in [0.15, 0.2) is 82.7 Å². The predicted molar refractivity (Wildman–Crippen MR) is 124 cm³/mol. The van der Waals surface area contributed by atoms with Gasteiger partial charge in [-0.3, -0.25) is 4.79 Å². The molecule has 1 fully saturated rings. The van der Waals surface area contributed by atoms with Gasteiger partial charge < -0.3 is 10.1 Å². The Labute approximate surface area is 193 Å². The van der Waals surface area contributed by atoms with E-state index in [1.54, 1.807) is 6.08 Å². The highest BCUT2D eigenvalue weighted by Crippen LogP contribution is 2.33. The molecule has 0 unspecified atom stereocenters. The van der Waals surface area contributed by atoms with Gasteiger partial charge in [-0.1, -0.05) is 48.0 Å². The van der Waals surface area contributed by atoms with Crippen molar-refractivity contribution in [2.45, 2.75) is 19.7 Å². The van der Waals surface area contributed by atoms with Gasteiger partial charge in [0.2, 0.25) is 0 Å². The first-order valence-corrected chi connectivity index (χ1v) is 10.8. The van der Waals surface area contributed by atoms with Crippen molar-refractivity contribution in [1.29, 1.82) is 0 Å². The zero-order valence-electron chi connectivity index (χ0n) is 17.5. The van der Waals surface area contributed by atoms with Crippen LogP contribution in [-0.2, 0) is 17.6 Å². The van der Waals surface area contributed by atoms with Gasteiger partial charge >= 0.3 is 6.18 Å². The molecule has 0 bridgehead atoms. The maximum atomic E-state index is 12.9. The number of amidine groups is 1. The van der Waals surface area contributed by atoms with E-state index in [-0.39, 0.29) is 16.8 Å². The minimum absolute atomic E-state index is 0.115. The lowest BCUT2D eigenvalue weighted by atomic mass is 10.1. The Balaban J connectivity index is 1.41. The van der Waals surface area contributed by atoms with Gasteiger partial charge in [0, 0.05) is 0 Å². The molecule has 8 heteroatoms. The van der Waals surface area contributed by atoms with E-state index in [0.29, 0.717) is 17.3 Å². The van der Waals surface area contributed by atoms with E-state index >= 15 is 0 Å².